The maximum absolute atomic E-state index is 11.3. The minimum Gasteiger partial charge on any atom is -0.321 e. The number of hydrogen-bond acceptors (Lipinski definition) is 3. The molecule has 0 aromatic heterocycles. The molecule has 4 heteroatoms. The van der Waals surface area contributed by atoms with Crippen LogP contribution < -0.4 is 0 Å². The molecule has 0 bridgehead atoms. The summed E-state index contributed by atoms with van der Waals surface area (Å²) in [5, 5.41) is 0. The molecule has 0 saturated carbocycles. The molecule has 0 N–H and O–H groups in total. The largest absolute Gasteiger partial charge is 0.321 e. The van der Waals surface area contributed by atoms with E-state index in [2.05, 4.69) is 0 Å². The highest BCUT2D eigenvalue weighted by Gasteiger charge is 2.09. The van der Waals surface area contributed by atoms with Crippen LogP contribution >= 0.6 is 0 Å². The summed E-state index contributed by atoms with van der Waals surface area (Å²) in [5.74, 6) is -0.582. The zero-order valence-corrected chi connectivity index (χ0v) is 8.96. The van der Waals surface area contributed by atoms with Crippen LogP contribution in [0, 0.1) is 0 Å². The van der Waals surface area contributed by atoms with E-state index >= 15 is 0 Å². The Bertz CT molecular complexity index is 292. The Hall–Kier alpha value is -1.45. The summed E-state index contributed by atoms with van der Waals surface area (Å²) in [7, 11) is 1.53. The maximum atomic E-state index is 11.3. The molecule has 0 aromatic rings. The fourth-order valence-corrected chi connectivity index (χ4v) is 0.791. The van der Waals surface area contributed by atoms with Gasteiger partial charge in [-0.05, 0) is 20.8 Å². The molecule has 0 spiro atoms. The molecule has 0 aliphatic heterocycles. The Labute approximate surface area is 83.6 Å². The lowest BCUT2D eigenvalue weighted by Crippen LogP contribution is -2.23. The first-order valence-electron chi connectivity index (χ1n) is 4.29. The van der Waals surface area contributed by atoms with Crippen LogP contribution in [0.3, 0.4) is 0 Å². The summed E-state index contributed by atoms with van der Waals surface area (Å²) in [6.45, 7) is 4.41. The van der Waals surface area contributed by atoms with Crippen molar-refractivity contribution in [3.8, 4) is 0 Å². The lowest BCUT2D eigenvalue weighted by molar-refractivity contribution is -0.131. The second-order valence-corrected chi connectivity index (χ2v) is 3.25. The summed E-state index contributed by atoms with van der Waals surface area (Å²) in [5.41, 5.74) is 0.490. The monoisotopic (exact) mass is 197 g/mol. The van der Waals surface area contributed by atoms with Crippen molar-refractivity contribution in [2.45, 2.75) is 27.2 Å². The van der Waals surface area contributed by atoms with Gasteiger partial charge in [-0.25, -0.2) is 0 Å². The van der Waals surface area contributed by atoms with Gasteiger partial charge in [-0.15, -0.1) is 0 Å². The quantitative estimate of drug-likeness (QED) is 0.497. The molecule has 78 valence electrons. The highest BCUT2D eigenvalue weighted by Crippen LogP contribution is 1.99. The molecule has 14 heavy (non-hydrogen) atoms. The second kappa shape index (κ2) is 5.32. The Morgan fingerprint density at radius 1 is 1.14 bits per heavy atom. The van der Waals surface area contributed by atoms with E-state index in [0.29, 0.717) is 5.57 Å². The second-order valence-electron chi connectivity index (χ2n) is 3.25. The fourth-order valence-electron chi connectivity index (χ4n) is 0.791. The van der Waals surface area contributed by atoms with Crippen LogP contribution in [-0.2, 0) is 14.4 Å². The first-order valence-corrected chi connectivity index (χ1v) is 4.29. The number of hydrogen-bond donors (Lipinski definition) is 0. The van der Waals surface area contributed by atoms with Crippen LogP contribution in [0.2, 0.25) is 0 Å². The van der Waals surface area contributed by atoms with Gasteiger partial charge in [-0.2, -0.15) is 0 Å². The summed E-state index contributed by atoms with van der Waals surface area (Å²) >= 11 is 0. The van der Waals surface area contributed by atoms with E-state index in [1.165, 1.54) is 32.0 Å². The number of allylic oxidation sites excluding steroid dienone is 1. The molecule has 0 rings (SSSR count). The lowest BCUT2D eigenvalue weighted by atomic mass is 10.2. The average Bonchev–Trinajstić information content (AvgIpc) is 2.02. The predicted octanol–water partition coefficient (Wildman–Crippen LogP) is 0.917. The summed E-state index contributed by atoms with van der Waals surface area (Å²) < 4.78 is 0. The van der Waals surface area contributed by atoms with Gasteiger partial charge in [0.25, 0.3) is 0 Å². The van der Waals surface area contributed by atoms with Crippen molar-refractivity contribution < 1.29 is 14.4 Å². The average molecular weight is 197 g/mol. The number of nitrogens with zero attached hydrogens (tertiary/aromatic N) is 1. The molecule has 1 amide bonds. The molecule has 0 aromatic carbocycles. The number of rotatable bonds is 4. The van der Waals surface area contributed by atoms with Crippen molar-refractivity contribution in [1.82, 2.24) is 4.90 Å². The molecule has 0 atom stereocenters. The van der Waals surface area contributed by atoms with Gasteiger partial charge in [0.1, 0.15) is 5.78 Å². The molecule has 0 radical (unpaired) electrons. The first kappa shape index (κ1) is 12.6. The normalized spacial score (nSPS) is 11.0. The van der Waals surface area contributed by atoms with Gasteiger partial charge in [0, 0.05) is 18.8 Å². The molecular weight excluding hydrogens is 182 g/mol. The van der Waals surface area contributed by atoms with Crippen molar-refractivity contribution >= 4 is 17.5 Å². The van der Waals surface area contributed by atoms with Crippen molar-refractivity contribution in [3.05, 3.63) is 11.8 Å². The van der Waals surface area contributed by atoms with Crippen molar-refractivity contribution in [1.29, 1.82) is 0 Å². The number of carbonyl (C=O) groups is 3. The topological polar surface area (TPSA) is 54.5 Å². The van der Waals surface area contributed by atoms with Gasteiger partial charge in [0.05, 0.1) is 6.42 Å². The third kappa shape index (κ3) is 4.54. The van der Waals surface area contributed by atoms with Gasteiger partial charge in [0.15, 0.2) is 5.78 Å². The van der Waals surface area contributed by atoms with Gasteiger partial charge in [0.2, 0.25) is 5.91 Å². The third-order valence-electron chi connectivity index (χ3n) is 1.74. The van der Waals surface area contributed by atoms with Crippen LogP contribution in [0.1, 0.15) is 27.2 Å². The van der Waals surface area contributed by atoms with Crippen molar-refractivity contribution in [2.24, 2.45) is 0 Å². The van der Waals surface area contributed by atoms with Gasteiger partial charge in [-0.3, -0.25) is 14.4 Å². The molecule has 0 unspecified atom stereocenters. The standard InChI is InChI=1S/C10H15NO3/c1-7(9(3)13)6-11(4)10(14)5-8(2)12/h6H,5H2,1-4H3. The van der Waals surface area contributed by atoms with Gasteiger partial charge < -0.3 is 4.90 Å². The van der Waals surface area contributed by atoms with E-state index in [1.54, 1.807) is 6.92 Å². The third-order valence-corrected chi connectivity index (χ3v) is 1.74. The van der Waals surface area contributed by atoms with E-state index in [0.717, 1.165) is 0 Å². The van der Waals surface area contributed by atoms with Crippen molar-refractivity contribution in [3.63, 3.8) is 0 Å². The van der Waals surface area contributed by atoms with E-state index in [-0.39, 0.29) is 23.9 Å². The zero-order chi connectivity index (χ0) is 11.3. The summed E-state index contributed by atoms with van der Waals surface area (Å²) in [4.78, 5) is 34.0. The van der Waals surface area contributed by atoms with E-state index in [1.807, 2.05) is 0 Å². The highest BCUT2D eigenvalue weighted by atomic mass is 16.2. The zero-order valence-electron chi connectivity index (χ0n) is 8.96. The molecule has 0 aliphatic rings. The van der Waals surface area contributed by atoms with Crippen LogP contribution in [-0.4, -0.2) is 29.4 Å². The fraction of sp³-hybridized carbons (Fsp3) is 0.500. The smallest absolute Gasteiger partial charge is 0.233 e. The van der Waals surface area contributed by atoms with Crippen LogP contribution in [0.5, 0.6) is 0 Å². The van der Waals surface area contributed by atoms with Crippen LogP contribution in [0.25, 0.3) is 0 Å². The summed E-state index contributed by atoms with van der Waals surface area (Å²) in [6.07, 6.45) is 1.31. The van der Waals surface area contributed by atoms with Gasteiger partial charge in [-0.1, -0.05) is 0 Å². The molecule has 0 saturated heterocycles. The minimum absolute atomic E-state index is 0.0903. The molecule has 0 heterocycles. The molecule has 0 fully saturated rings. The highest BCUT2D eigenvalue weighted by molar-refractivity contribution is 5.98. The first-order chi connectivity index (χ1) is 6.34. The number of ketones is 2. The minimum atomic E-state index is -0.307. The molecule has 0 aliphatic carbocycles. The van der Waals surface area contributed by atoms with Crippen molar-refractivity contribution in [2.75, 3.05) is 7.05 Å². The number of amides is 1. The Morgan fingerprint density at radius 2 is 1.64 bits per heavy atom. The Morgan fingerprint density at radius 3 is 2.00 bits per heavy atom. The number of carbonyl (C=O) groups excluding carboxylic acids is 3. The number of Topliss-reactive ketones (excluding diaryl/α,β-unsaturated/α-hetero) is 2. The summed E-state index contributed by atoms with van der Waals surface area (Å²) in [6, 6.07) is 0. The Kier molecular flexibility index (Phi) is 4.77. The van der Waals surface area contributed by atoms with E-state index in [4.69, 9.17) is 0 Å². The Balaban J connectivity index is 4.41. The SMILES string of the molecule is CC(=O)CC(=O)N(C)C=C(C)C(C)=O. The van der Waals surface area contributed by atoms with E-state index in [9.17, 15) is 14.4 Å². The van der Waals surface area contributed by atoms with Crippen LogP contribution in [0.15, 0.2) is 11.8 Å². The molecular formula is C10H15NO3. The van der Waals surface area contributed by atoms with E-state index < -0.39 is 0 Å². The van der Waals surface area contributed by atoms with Gasteiger partial charge >= 0.3 is 0 Å². The van der Waals surface area contributed by atoms with Crippen LogP contribution in [0.4, 0.5) is 0 Å². The lowest BCUT2D eigenvalue weighted by Gasteiger charge is -2.11. The molecule has 4 nitrogen and oxygen atoms in total. The maximum Gasteiger partial charge on any atom is 0.233 e. The predicted molar refractivity (Wildman–Crippen MR) is 52.5 cm³/mol.